The number of imidazole rings is 1. The lowest BCUT2D eigenvalue weighted by Crippen LogP contribution is -2.29. The number of amides is 1. The van der Waals surface area contributed by atoms with E-state index in [0.29, 0.717) is 19.5 Å². The minimum absolute atomic E-state index is 0.0105. The molecule has 0 radical (unpaired) electrons. The lowest BCUT2D eigenvalue weighted by atomic mass is 10.2. The Labute approximate surface area is 130 Å². The van der Waals surface area contributed by atoms with Crippen LogP contribution in [-0.2, 0) is 17.9 Å². The highest BCUT2D eigenvalue weighted by Gasteiger charge is 2.12. The van der Waals surface area contributed by atoms with E-state index in [1.54, 1.807) is 9.13 Å². The molecule has 120 valence electrons. The molecule has 1 N–H and O–H groups in total. The van der Waals surface area contributed by atoms with Gasteiger partial charge in [0.2, 0.25) is 5.91 Å². The van der Waals surface area contributed by atoms with Gasteiger partial charge in [-0.15, -0.1) is 0 Å². The molecule has 5 nitrogen and oxygen atoms in total. The maximum absolute atomic E-state index is 12.4. The fourth-order valence-corrected chi connectivity index (χ4v) is 2.70. The minimum atomic E-state index is -0.0394. The second-order valence-corrected chi connectivity index (χ2v) is 5.47. The summed E-state index contributed by atoms with van der Waals surface area (Å²) >= 11 is 0. The van der Waals surface area contributed by atoms with E-state index in [2.05, 4.69) is 12.2 Å². The van der Waals surface area contributed by atoms with Gasteiger partial charge in [0.25, 0.3) is 0 Å². The van der Waals surface area contributed by atoms with E-state index >= 15 is 0 Å². The first-order chi connectivity index (χ1) is 10.7. The lowest BCUT2D eigenvalue weighted by molar-refractivity contribution is -0.121. The summed E-state index contributed by atoms with van der Waals surface area (Å²) in [6.07, 6.45) is 3.62. The molecule has 1 heterocycles. The van der Waals surface area contributed by atoms with Crippen molar-refractivity contribution in [3.05, 3.63) is 34.7 Å². The molecule has 0 spiro atoms. The topological polar surface area (TPSA) is 56.0 Å². The van der Waals surface area contributed by atoms with E-state index in [0.717, 1.165) is 36.8 Å². The van der Waals surface area contributed by atoms with Crippen LogP contribution in [-0.4, -0.2) is 21.6 Å². The number of hydrogen-bond acceptors (Lipinski definition) is 2. The van der Waals surface area contributed by atoms with Gasteiger partial charge in [-0.2, -0.15) is 0 Å². The van der Waals surface area contributed by atoms with Crippen LogP contribution in [0.1, 0.15) is 39.5 Å². The molecule has 1 aromatic carbocycles. The number of carbonyl (C=O) groups is 1. The average molecular weight is 303 g/mol. The Balaban J connectivity index is 2.04. The Morgan fingerprint density at radius 3 is 2.41 bits per heavy atom. The van der Waals surface area contributed by atoms with E-state index in [9.17, 15) is 9.59 Å². The molecule has 0 atom stereocenters. The van der Waals surface area contributed by atoms with Gasteiger partial charge in [0.1, 0.15) is 0 Å². The van der Waals surface area contributed by atoms with Crippen molar-refractivity contribution in [2.75, 3.05) is 6.54 Å². The minimum Gasteiger partial charge on any atom is -0.356 e. The van der Waals surface area contributed by atoms with Crippen LogP contribution in [0.15, 0.2) is 29.1 Å². The summed E-state index contributed by atoms with van der Waals surface area (Å²) in [6.45, 7) is 5.87. The van der Waals surface area contributed by atoms with Gasteiger partial charge in [0.15, 0.2) is 0 Å². The number of aromatic nitrogens is 2. The molecule has 0 aliphatic heterocycles. The summed E-state index contributed by atoms with van der Waals surface area (Å²) < 4.78 is 3.44. The van der Waals surface area contributed by atoms with Crippen molar-refractivity contribution >= 4 is 16.9 Å². The number of aryl methyl sites for hydroxylation is 2. The maximum Gasteiger partial charge on any atom is 0.329 e. The van der Waals surface area contributed by atoms with Crippen LogP contribution in [0.4, 0.5) is 0 Å². The SMILES string of the molecule is CCCCCNC(=O)CCn1c(=O)n(CC)c2ccccc21. The van der Waals surface area contributed by atoms with Gasteiger partial charge in [-0.3, -0.25) is 13.9 Å². The molecule has 0 fully saturated rings. The van der Waals surface area contributed by atoms with Crippen molar-refractivity contribution in [2.45, 2.75) is 52.6 Å². The normalized spacial score (nSPS) is 11.0. The third kappa shape index (κ3) is 3.59. The Morgan fingerprint density at radius 1 is 1.09 bits per heavy atom. The Kier molecular flexibility index (Phi) is 5.81. The first-order valence-electron chi connectivity index (χ1n) is 8.13. The van der Waals surface area contributed by atoms with E-state index in [4.69, 9.17) is 0 Å². The summed E-state index contributed by atoms with van der Waals surface area (Å²) in [5.74, 6) is 0.0105. The maximum atomic E-state index is 12.4. The molecule has 0 unspecified atom stereocenters. The molecule has 0 saturated heterocycles. The van der Waals surface area contributed by atoms with Crippen molar-refractivity contribution in [1.82, 2.24) is 14.5 Å². The van der Waals surface area contributed by atoms with Crippen molar-refractivity contribution in [3.63, 3.8) is 0 Å². The van der Waals surface area contributed by atoms with Gasteiger partial charge in [-0.1, -0.05) is 31.9 Å². The summed E-state index contributed by atoms with van der Waals surface area (Å²) in [6, 6.07) is 7.73. The lowest BCUT2D eigenvalue weighted by Gasteiger charge is -2.05. The van der Waals surface area contributed by atoms with E-state index < -0.39 is 0 Å². The number of benzene rings is 1. The zero-order valence-corrected chi connectivity index (χ0v) is 13.5. The summed E-state index contributed by atoms with van der Waals surface area (Å²) in [4.78, 5) is 24.3. The molecular formula is C17H25N3O2. The molecule has 1 amide bonds. The van der Waals surface area contributed by atoms with Crippen LogP contribution in [0.2, 0.25) is 0 Å². The van der Waals surface area contributed by atoms with E-state index in [1.165, 1.54) is 0 Å². The van der Waals surface area contributed by atoms with Gasteiger partial charge in [-0.25, -0.2) is 4.79 Å². The number of nitrogens with one attached hydrogen (secondary N) is 1. The fourth-order valence-electron chi connectivity index (χ4n) is 2.70. The smallest absolute Gasteiger partial charge is 0.329 e. The van der Waals surface area contributed by atoms with Crippen LogP contribution in [0.25, 0.3) is 11.0 Å². The first-order valence-corrected chi connectivity index (χ1v) is 8.13. The van der Waals surface area contributed by atoms with Crippen LogP contribution in [0.3, 0.4) is 0 Å². The monoisotopic (exact) mass is 303 g/mol. The molecule has 5 heteroatoms. The van der Waals surface area contributed by atoms with E-state index in [1.807, 2.05) is 31.2 Å². The van der Waals surface area contributed by atoms with Crippen molar-refractivity contribution in [1.29, 1.82) is 0 Å². The van der Waals surface area contributed by atoms with Crippen LogP contribution in [0.5, 0.6) is 0 Å². The fraction of sp³-hybridized carbons (Fsp3) is 0.529. The molecule has 22 heavy (non-hydrogen) atoms. The average Bonchev–Trinajstić information content (AvgIpc) is 2.80. The standard InChI is InChI=1S/C17H25N3O2/c1-3-5-8-12-18-16(21)11-13-20-15-10-7-6-9-14(15)19(4-2)17(20)22/h6-7,9-10H,3-5,8,11-13H2,1-2H3,(H,18,21). The number of para-hydroxylation sites is 2. The van der Waals surface area contributed by atoms with Gasteiger partial charge >= 0.3 is 5.69 Å². The molecule has 0 saturated carbocycles. The van der Waals surface area contributed by atoms with E-state index in [-0.39, 0.29) is 11.6 Å². The number of carbonyl (C=O) groups excluding carboxylic acids is 1. The Bertz CT molecular complexity index is 685. The zero-order chi connectivity index (χ0) is 15.9. The third-order valence-corrected chi connectivity index (χ3v) is 3.91. The number of fused-ring (bicyclic) bond motifs is 1. The number of rotatable bonds is 8. The van der Waals surface area contributed by atoms with Gasteiger partial charge in [-0.05, 0) is 25.5 Å². The predicted octanol–water partition coefficient (Wildman–Crippen LogP) is 2.52. The van der Waals surface area contributed by atoms with Crippen LogP contribution in [0, 0.1) is 0 Å². The summed E-state index contributed by atoms with van der Waals surface area (Å²) in [7, 11) is 0. The van der Waals surface area contributed by atoms with Crippen molar-refractivity contribution < 1.29 is 4.79 Å². The highest BCUT2D eigenvalue weighted by molar-refractivity contribution is 5.77. The van der Waals surface area contributed by atoms with Crippen LogP contribution >= 0.6 is 0 Å². The van der Waals surface area contributed by atoms with Crippen molar-refractivity contribution in [3.8, 4) is 0 Å². The molecule has 0 bridgehead atoms. The number of nitrogens with zero attached hydrogens (tertiary/aromatic N) is 2. The molecule has 2 aromatic rings. The van der Waals surface area contributed by atoms with Gasteiger partial charge in [0, 0.05) is 26.1 Å². The molecule has 1 aromatic heterocycles. The second kappa shape index (κ2) is 7.82. The van der Waals surface area contributed by atoms with Gasteiger partial charge in [0.05, 0.1) is 11.0 Å². The first kappa shape index (κ1) is 16.3. The third-order valence-electron chi connectivity index (χ3n) is 3.91. The molecule has 2 rings (SSSR count). The zero-order valence-electron chi connectivity index (χ0n) is 13.5. The number of unbranched alkanes of at least 4 members (excludes halogenated alkanes) is 2. The largest absolute Gasteiger partial charge is 0.356 e. The summed E-state index contributed by atoms with van der Waals surface area (Å²) in [5, 5.41) is 2.91. The molecule has 0 aliphatic carbocycles. The second-order valence-electron chi connectivity index (χ2n) is 5.47. The van der Waals surface area contributed by atoms with Crippen molar-refractivity contribution in [2.24, 2.45) is 0 Å². The van der Waals surface area contributed by atoms with Gasteiger partial charge < -0.3 is 5.32 Å². The highest BCUT2D eigenvalue weighted by atomic mass is 16.2. The number of hydrogen-bond donors (Lipinski definition) is 1. The summed E-state index contributed by atoms with van der Waals surface area (Å²) in [5.41, 5.74) is 1.79. The molecular weight excluding hydrogens is 278 g/mol. The highest BCUT2D eigenvalue weighted by Crippen LogP contribution is 2.12. The Hall–Kier alpha value is -2.04. The van der Waals surface area contributed by atoms with Crippen LogP contribution < -0.4 is 11.0 Å². The predicted molar refractivity (Wildman–Crippen MR) is 89.0 cm³/mol. The quantitative estimate of drug-likeness (QED) is 0.762. The molecule has 0 aliphatic rings. The Morgan fingerprint density at radius 2 is 1.77 bits per heavy atom.